The van der Waals surface area contributed by atoms with Crippen molar-refractivity contribution in [2.24, 2.45) is 16.1 Å². The highest BCUT2D eigenvalue weighted by Crippen LogP contribution is 2.45. The van der Waals surface area contributed by atoms with Crippen molar-refractivity contribution in [3.63, 3.8) is 0 Å². The van der Waals surface area contributed by atoms with Crippen LogP contribution in [0.3, 0.4) is 0 Å². The lowest BCUT2D eigenvalue weighted by Crippen LogP contribution is -2.60. The van der Waals surface area contributed by atoms with E-state index in [2.05, 4.69) is 21.7 Å². The maximum absolute atomic E-state index is 11.1. The van der Waals surface area contributed by atoms with Crippen LogP contribution in [0.5, 0.6) is 0 Å². The first-order valence-corrected chi connectivity index (χ1v) is 7.63. The van der Waals surface area contributed by atoms with Crippen molar-refractivity contribution in [3.05, 3.63) is 68.5 Å². The van der Waals surface area contributed by atoms with E-state index < -0.39 is 5.54 Å². The van der Waals surface area contributed by atoms with Gasteiger partial charge < -0.3 is 11.1 Å². The first-order chi connectivity index (χ1) is 11.2. The van der Waals surface area contributed by atoms with Gasteiger partial charge in [-0.25, -0.2) is 0 Å². The van der Waals surface area contributed by atoms with Gasteiger partial charge in [-0.1, -0.05) is 24.3 Å². The molecule has 116 valence electrons. The molecule has 6 heteroatoms. The number of nitrogens with one attached hydrogen (secondary N) is 1. The van der Waals surface area contributed by atoms with Crippen molar-refractivity contribution in [1.29, 1.82) is 0 Å². The molecule has 6 nitrogen and oxygen atoms in total. The van der Waals surface area contributed by atoms with Crippen LogP contribution in [0, 0.1) is 9.81 Å². The monoisotopic (exact) mass is 308 g/mol. The standard InChI is InChI=1S/C17H16N4O2/c18-17-12-4-2-1-3-11(12)9-19-16(17)6-5-10-7-14(20-22)15(21-23)8-13(10)17/h1-4,7-8,16,19H,5-6,9,18H2. The molecule has 2 atom stereocenters. The molecule has 2 aromatic carbocycles. The fourth-order valence-corrected chi connectivity index (χ4v) is 3.98. The van der Waals surface area contributed by atoms with Gasteiger partial charge in [0.2, 0.25) is 0 Å². The van der Waals surface area contributed by atoms with Gasteiger partial charge in [-0.2, -0.15) is 0 Å². The zero-order valence-corrected chi connectivity index (χ0v) is 12.5. The molecule has 0 bridgehead atoms. The Hall–Kier alpha value is -2.44. The number of hydrogen-bond donors (Lipinski definition) is 2. The quantitative estimate of drug-likeness (QED) is 0.833. The Bertz CT molecular complexity index is 820. The lowest BCUT2D eigenvalue weighted by Gasteiger charge is -2.47. The minimum Gasteiger partial charge on any atom is -0.316 e. The lowest BCUT2D eigenvalue weighted by atomic mass is 9.67. The summed E-state index contributed by atoms with van der Waals surface area (Å²) >= 11 is 0. The second-order valence-electron chi connectivity index (χ2n) is 6.18. The SMILES string of the molecule is NC12c3cc(N=O)c(N=O)cc3CCC1NCc1ccccc12. The number of nitrogens with zero attached hydrogens (tertiary/aromatic N) is 2. The molecule has 1 heterocycles. The number of nitroso groups, excluding NO2 is 2. The Morgan fingerprint density at radius 2 is 1.78 bits per heavy atom. The van der Waals surface area contributed by atoms with Gasteiger partial charge in [0.1, 0.15) is 11.4 Å². The van der Waals surface area contributed by atoms with Crippen LogP contribution in [-0.2, 0) is 18.5 Å². The second-order valence-corrected chi connectivity index (χ2v) is 6.18. The van der Waals surface area contributed by atoms with Crippen LogP contribution in [0.15, 0.2) is 46.8 Å². The summed E-state index contributed by atoms with van der Waals surface area (Å²) in [5, 5.41) is 9.38. The predicted molar refractivity (Wildman–Crippen MR) is 87.7 cm³/mol. The predicted octanol–water partition coefficient (Wildman–Crippen LogP) is 3.10. The molecule has 0 aromatic heterocycles. The second kappa shape index (κ2) is 5.04. The van der Waals surface area contributed by atoms with E-state index in [4.69, 9.17) is 5.73 Å². The van der Waals surface area contributed by atoms with Crippen LogP contribution in [0.4, 0.5) is 11.4 Å². The van der Waals surface area contributed by atoms with Crippen LogP contribution in [0.2, 0.25) is 0 Å². The first-order valence-electron chi connectivity index (χ1n) is 7.63. The van der Waals surface area contributed by atoms with E-state index in [9.17, 15) is 9.81 Å². The number of nitrogens with two attached hydrogens (primary N) is 1. The van der Waals surface area contributed by atoms with Crippen molar-refractivity contribution in [1.82, 2.24) is 5.32 Å². The molecule has 2 aromatic rings. The van der Waals surface area contributed by atoms with Gasteiger partial charge in [0.25, 0.3) is 0 Å². The molecule has 0 spiro atoms. The molecule has 23 heavy (non-hydrogen) atoms. The number of rotatable bonds is 2. The van der Waals surface area contributed by atoms with Gasteiger partial charge in [0.05, 0.1) is 5.54 Å². The lowest BCUT2D eigenvalue weighted by molar-refractivity contribution is 0.288. The molecule has 1 aliphatic heterocycles. The summed E-state index contributed by atoms with van der Waals surface area (Å²) in [5.74, 6) is 0. The highest BCUT2D eigenvalue weighted by atomic mass is 16.3. The molecule has 0 radical (unpaired) electrons. The van der Waals surface area contributed by atoms with Crippen molar-refractivity contribution >= 4 is 11.4 Å². The Morgan fingerprint density at radius 3 is 2.57 bits per heavy atom. The van der Waals surface area contributed by atoms with Gasteiger partial charge in [-0.15, -0.1) is 9.81 Å². The Balaban J connectivity index is 2.00. The molecule has 0 saturated carbocycles. The van der Waals surface area contributed by atoms with Gasteiger partial charge in [0.15, 0.2) is 0 Å². The van der Waals surface area contributed by atoms with Crippen molar-refractivity contribution in [3.8, 4) is 0 Å². The van der Waals surface area contributed by atoms with E-state index in [1.165, 1.54) is 0 Å². The average Bonchev–Trinajstić information content (AvgIpc) is 2.60. The fraction of sp³-hybridized carbons (Fsp3) is 0.294. The summed E-state index contributed by atoms with van der Waals surface area (Å²) in [7, 11) is 0. The highest BCUT2D eigenvalue weighted by Gasteiger charge is 2.46. The van der Waals surface area contributed by atoms with Crippen LogP contribution in [0.25, 0.3) is 0 Å². The highest BCUT2D eigenvalue weighted by molar-refractivity contribution is 5.67. The molecular weight excluding hydrogens is 292 g/mol. The normalized spacial score (nSPS) is 25.0. The molecule has 3 N–H and O–H groups in total. The van der Waals surface area contributed by atoms with Crippen molar-refractivity contribution in [2.45, 2.75) is 31.0 Å². The zero-order valence-electron chi connectivity index (χ0n) is 12.5. The summed E-state index contributed by atoms with van der Waals surface area (Å²) in [4.78, 5) is 22.0. The largest absolute Gasteiger partial charge is 0.316 e. The number of benzene rings is 2. The summed E-state index contributed by atoms with van der Waals surface area (Å²) < 4.78 is 0. The zero-order chi connectivity index (χ0) is 16.0. The summed E-state index contributed by atoms with van der Waals surface area (Å²) in [5.41, 5.74) is 10.3. The van der Waals surface area contributed by atoms with E-state index in [1.807, 2.05) is 18.2 Å². The van der Waals surface area contributed by atoms with Gasteiger partial charge in [-0.3, -0.25) is 0 Å². The van der Waals surface area contributed by atoms with E-state index in [-0.39, 0.29) is 17.4 Å². The van der Waals surface area contributed by atoms with Gasteiger partial charge in [0, 0.05) is 12.6 Å². The first kappa shape index (κ1) is 14.2. The van der Waals surface area contributed by atoms with Gasteiger partial charge in [-0.05, 0) is 57.6 Å². The average molecular weight is 308 g/mol. The minimum absolute atomic E-state index is 0.0484. The Morgan fingerprint density at radius 1 is 1.04 bits per heavy atom. The third kappa shape index (κ3) is 1.89. The molecule has 1 aliphatic carbocycles. The van der Waals surface area contributed by atoms with Crippen LogP contribution >= 0.6 is 0 Å². The summed E-state index contributed by atoms with van der Waals surface area (Å²) in [6.07, 6.45) is 1.65. The topological polar surface area (TPSA) is 96.9 Å². The van der Waals surface area contributed by atoms with E-state index in [1.54, 1.807) is 12.1 Å². The van der Waals surface area contributed by atoms with Crippen molar-refractivity contribution < 1.29 is 0 Å². The van der Waals surface area contributed by atoms with Crippen LogP contribution in [0.1, 0.15) is 28.7 Å². The summed E-state index contributed by atoms with van der Waals surface area (Å²) in [6.45, 7) is 0.780. The van der Waals surface area contributed by atoms with Crippen molar-refractivity contribution in [2.75, 3.05) is 0 Å². The van der Waals surface area contributed by atoms with E-state index >= 15 is 0 Å². The molecule has 0 saturated heterocycles. The van der Waals surface area contributed by atoms with Crippen LogP contribution < -0.4 is 11.1 Å². The van der Waals surface area contributed by atoms with Gasteiger partial charge >= 0.3 is 0 Å². The summed E-state index contributed by atoms with van der Waals surface area (Å²) in [6, 6.07) is 11.4. The van der Waals surface area contributed by atoms with E-state index in [0.29, 0.717) is 0 Å². The number of hydrogen-bond acceptors (Lipinski definition) is 6. The molecular formula is C17H16N4O2. The minimum atomic E-state index is -0.733. The number of aryl methyl sites for hydroxylation is 1. The Labute approximate surface area is 133 Å². The molecule has 2 unspecified atom stereocenters. The number of fused-ring (bicyclic) bond motifs is 5. The third-order valence-electron chi connectivity index (χ3n) is 5.10. The molecule has 4 rings (SSSR count). The smallest absolute Gasteiger partial charge is 0.137 e. The van der Waals surface area contributed by atoms with Crippen LogP contribution in [-0.4, -0.2) is 6.04 Å². The maximum Gasteiger partial charge on any atom is 0.137 e. The van der Waals surface area contributed by atoms with E-state index in [0.717, 1.165) is 41.6 Å². The molecule has 0 fully saturated rings. The maximum atomic E-state index is 11.1. The molecule has 2 aliphatic rings. The Kier molecular flexibility index (Phi) is 3.11. The molecule has 0 amide bonds. The fourth-order valence-electron chi connectivity index (χ4n) is 3.98. The third-order valence-corrected chi connectivity index (χ3v) is 5.10.